The summed E-state index contributed by atoms with van der Waals surface area (Å²) in [5.74, 6) is -6.92. The highest BCUT2D eigenvalue weighted by Gasteiger charge is 2.71. The number of carbonyl (C=O) groups is 3. The Kier molecular flexibility index (Phi) is 11.5. The molecule has 0 unspecified atom stereocenters. The van der Waals surface area contributed by atoms with Gasteiger partial charge in [-0.2, -0.15) is 0 Å². The zero-order chi connectivity index (χ0) is 38.6. The molecule has 0 bridgehead atoms. The van der Waals surface area contributed by atoms with Gasteiger partial charge in [-0.3, -0.25) is 9.59 Å². The molecule has 4 heterocycles. The van der Waals surface area contributed by atoms with Gasteiger partial charge in [0, 0.05) is 12.3 Å². The summed E-state index contributed by atoms with van der Waals surface area (Å²) in [4.78, 5) is 40.3. The van der Waals surface area contributed by atoms with Gasteiger partial charge in [0.25, 0.3) is 0 Å². The molecule has 1 aromatic rings. The van der Waals surface area contributed by atoms with Crippen LogP contribution in [0.5, 0.6) is 5.75 Å². The first kappa shape index (κ1) is 39.8. The molecule has 0 amide bonds. The summed E-state index contributed by atoms with van der Waals surface area (Å²) in [6.45, 7) is -0.138. The van der Waals surface area contributed by atoms with Crippen LogP contribution in [0.4, 0.5) is 0 Å². The predicted octanol–water partition coefficient (Wildman–Crippen LogP) is -4.69. The summed E-state index contributed by atoms with van der Waals surface area (Å²) in [7, 11) is 0. The van der Waals surface area contributed by atoms with Crippen LogP contribution in [-0.2, 0) is 42.7 Å². The molecule has 0 radical (unpaired) electrons. The minimum Gasteiger partial charge on any atom is -0.508 e. The maximum atomic E-state index is 13.8. The number of hydrogen-bond donors (Lipinski definition) is 10. The van der Waals surface area contributed by atoms with Crippen molar-refractivity contribution in [1.82, 2.24) is 0 Å². The van der Waals surface area contributed by atoms with Gasteiger partial charge in [0.15, 0.2) is 18.0 Å². The fourth-order valence-corrected chi connectivity index (χ4v) is 7.36. The average Bonchev–Trinajstić information content (AvgIpc) is 3.35. The van der Waals surface area contributed by atoms with Gasteiger partial charge in [0.2, 0.25) is 17.9 Å². The van der Waals surface area contributed by atoms with Gasteiger partial charge in [-0.1, -0.05) is 6.92 Å². The Morgan fingerprint density at radius 2 is 1.47 bits per heavy atom. The molecule has 5 fully saturated rings. The molecule has 1 saturated carbocycles. The van der Waals surface area contributed by atoms with Gasteiger partial charge in [-0.25, -0.2) is 4.79 Å². The SMILES string of the molecule is C[C@@H]1CO[C@@]2(C[C@@H]1OC(=O)c1ccc(O)cc1)O[C@@H]1C[C@@H](C(=O)O[C@@H]3O[C@H](CO)[C@@H](O)[C@H](O)[C@H]3O[C@@H]3O[C@H](CO)[C@@H](O)[C@H](O)[C@H]3O)C[C@H](O)[C@]1(O)C2=O. The van der Waals surface area contributed by atoms with Gasteiger partial charge < -0.3 is 84.2 Å². The van der Waals surface area contributed by atoms with Crippen molar-refractivity contribution in [3.05, 3.63) is 29.8 Å². The van der Waals surface area contributed by atoms with E-state index in [-0.39, 0.29) is 24.3 Å². The molecule has 4 aliphatic heterocycles. The number of aromatic hydroxyl groups is 1. The van der Waals surface area contributed by atoms with Crippen LogP contribution in [0.15, 0.2) is 24.3 Å². The van der Waals surface area contributed by atoms with E-state index in [9.17, 15) is 65.4 Å². The van der Waals surface area contributed by atoms with E-state index in [4.69, 9.17) is 33.2 Å². The summed E-state index contributed by atoms with van der Waals surface area (Å²) in [6, 6.07) is 5.28. The lowest BCUT2D eigenvalue weighted by Crippen LogP contribution is -2.65. The Labute approximate surface area is 300 Å². The normalized spacial score (nSPS) is 45.8. The van der Waals surface area contributed by atoms with Crippen LogP contribution in [0.3, 0.4) is 0 Å². The molecule has 6 rings (SSSR count). The van der Waals surface area contributed by atoms with Crippen molar-refractivity contribution in [2.75, 3.05) is 19.8 Å². The monoisotopic (exact) mass is 760 g/mol. The predicted molar refractivity (Wildman–Crippen MR) is 166 cm³/mol. The molecule has 0 aromatic heterocycles. The fraction of sp³-hybridized carbons (Fsp3) is 0.727. The standard InChI is InChI=1S/C33H44O20/c1-12-11-47-32(8-16(12)48-27(43)13-2-4-15(36)5-3-13)31(45)33(46)19(37)6-14(7-20(33)53-32)28(44)52-30-26(24(41)22(39)18(10-35)50-30)51-29-25(42)23(40)21(38)17(9-34)49-29/h2-5,12,14,16-26,29-30,34-42,46H,6-11H2,1H3/t12-,14+,16+,17-,18-,19+,20-,21-,22-,23+,24+,25-,26-,29+,30+,32+,33-/m1/s1. The number of benzene rings is 1. The molecular formula is C33H44O20. The summed E-state index contributed by atoms with van der Waals surface area (Å²) in [5, 5.41) is 104. The smallest absolute Gasteiger partial charge is 0.338 e. The zero-order valence-electron chi connectivity index (χ0n) is 28.3. The van der Waals surface area contributed by atoms with Gasteiger partial charge in [0.1, 0.15) is 60.7 Å². The van der Waals surface area contributed by atoms with Crippen LogP contribution in [0.1, 0.15) is 36.5 Å². The summed E-state index contributed by atoms with van der Waals surface area (Å²) >= 11 is 0. The van der Waals surface area contributed by atoms with E-state index in [1.54, 1.807) is 6.92 Å². The van der Waals surface area contributed by atoms with Crippen LogP contribution in [0, 0.1) is 11.8 Å². The van der Waals surface area contributed by atoms with Crippen molar-refractivity contribution < 1.29 is 98.6 Å². The van der Waals surface area contributed by atoms with Crippen molar-refractivity contribution in [1.29, 1.82) is 0 Å². The number of Topliss-reactive ketones (excluding diaryl/α,β-unsaturated/α-hetero) is 1. The van der Waals surface area contributed by atoms with E-state index in [0.29, 0.717) is 0 Å². The summed E-state index contributed by atoms with van der Waals surface area (Å²) in [5.41, 5.74) is -2.44. The third kappa shape index (κ3) is 7.18. The topological polar surface area (TPSA) is 318 Å². The number of hydrogen-bond acceptors (Lipinski definition) is 20. The quantitative estimate of drug-likeness (QED) is 0.111. The highest BCUT2D eigenvalue weighted by Crippen LogP contribution is 2.50. The van der Waals surface area contributed by atoms with Crippen LogP contribution < -0.4 is 0 Å². The zero-order valence-corrected chi connectivity index (χ0v) is 28.3. The Bertz CT molecular complexity index is 1490. The van der Waals surface area contributed by atoms with Crippen LogP contribution in [-0.4, -0.2) is 180 Å². The van der Waals surface area contributed by atoms with Gasteiger partial charge in [-0.05, 0) is 37.1 Å². The number of ketones is 1. The second-order valence-electron chi connectivity index (χ2n) is 14.1. The highest BCUT2D eigenvalue weighted by atomic mass is 16.8. The molecular weight excluding hydrogens is 716 g/mol. The Hall–Kier alpha value is -2.93. The van der Waals surface area contributed by atoms with Crippen LogP contribution in [0.2, 0.25) is 0 Å². The number of aliphatic hydroxyl groups excluding tert-OH is 8. The van der Waals surface area contributed by atoms with Gasteiger partial charge >= 0.3 is 11.9 Å². The Balaban J connectivity index is 1.16. The number of rotatable bonds is 8. The molecule has 1 aromatic carbocycles. The minimum atomic E-state index is -2.55. The van der Waals surface area contributed by atoms with Crippen LogP contribution >= 0.6 is 0 Å². The van der Waals surface area contributed by atoms with Crippen LogP contribution in [0.25, 0.3) is 0 Å². The molecule has 1 aliphatic carbocycles. The average molecular weight is 761 g/mol. The van der Waals surface area contributed by atoms with Crippen molar-refractivity contribution >= 4 is 17.7 Å². The lowest BCUT2D eigenvalue weighted by Gasteiger charge is -2.46. The Morgan fingerprint density at radius 1 is 0.849 bits per heavy atom. The molecule has 20 heteroatoms. The maximum absolute atomic E-state index is 13.8. The number of ether oxygens (including phenoxy) is 7. The largest absolute Gasteiger partial charge is 0.508 e. The van der Waals surface area contributed by atoms with E-state index >= 15 is 0 Å². The summed E-state index contributed by atoms with van der Waals surface area (Å²) < 4.78 is 39.3. The minimum absolute atomic E-state index is 0.0697. The van der Waals surface area contributed by atoms with Crippen molar-refractivity contribution in [2.45, 2.75) is 117 Å². The van der Waals surface area contributed by atoms with E-state index in [2.05, 4.69) is 0 Å². The molecule has 10 N–H and O–H groups in total. The number of fused-ring (bicyclic) bond motifs is 1. The second-order valence-corrected chi connectivity index (χ2v) is 14.1. The van der Waals surface area contributed by atoms with E-state index in [1.807, 2.05) is 0 Å². The molecule has 17 atom stereocenters. The second kappa shape index (κ2) is 15.3. The lowest BCUT2D eigenvalue weighted by atomic mass is 9.72. The fourth-order valence-electron chi connectivity index (χ4n) is 7.36. The lowest BCUT2D eigenvalue weighted by molar-refractivity contribution is -0.363. The Morgan fingerprint density at radius 3 is 2.11 bits per heavy atom. The number of esters is 2. The van der Waals surface area contributed by atoms with E-state index < -0.39 is 147 Å². The van der Waals surface area contributed by atoms with E-state index in [0.717, 1.165) is 0 Å². The first-order valence-electron chi connectivity index (χ1n) is 17.1. The first-order chi connectivity index (χ1) is 25.0. The third-order valence-electron chi connectivity index (χ3n) is 10.6. The van der Waals surface area contributed by atoms with Crippen molar-refractivity contribution in [3.8, 4) is 5.75 Å². The third-order valence-corrected chi connectivity index (χ3v) is 10.6. The van der Waals surface area contributed by atoms with Gasteiger partial charge in [-0.15, -0.1) is 0 Å². The molecule has 4 saturated heterocycles. The number of phenols is 1. The molecule has 53 heavy (non-hydrogen) atoms. The highest BCUT2D eigenvalue weighted by molar-refractivity contribution is 5.97. The first-order valence-corrected chi connectivity index (χ1v) is 17.1. The van der Waals surface area contributed by atoms with E-state index in [1.165, 1.54) is 24.3 Å². The molecule has 296 valence electrons. The maximum Gasteiger partial charge on any atom is 0.338 e. The number of phenolic OH excluding ortho intramolecular Hbond substituents is 1. The van der Waals surface area contributed by atoms with Crippen molar-refractivity contribution in [2.24, 2.45) is 11.8 Å². The van der Waals surface area contributed by atoms with Gasteiger partial charge in [0.05, 0.1) is 37.4 Å². The number of carbonyl (C=O) groups excluding carboxylic acids is 3. The summed E-state index contributed by atoms with van der Waals surface area (Å²) in [6.07, 6.45) is -23.7. The van der Waals surface area contributed by atoms with Crippen molar-refractivity contribution in [3.63, 3.8) is 0 Å². The molecule has 5 aliphatic rings. The molecule has 1 spiro atoms. The number of aliphatic hydroxyl groups is 9. The molecule has 20 nitrogen and oxygen atoms in total.